The van der Waals surface area contributed by atoms with E-state index in [1.807, 2.05) is 17.0 Å². The first-order chi connectivity index (χ1) is 20.6. The number of amides is 1. The Bertz CT molecular complexity index is 1970. The second-order valence-corrected chi connectivity index (χ2v) is 13.1. The number of nitrogens with two attached hydrogens (primary N) is 2. The van der Waals surface area contributed by atoms with E-state index in [4.69, 9.17) is 16.5 Å². The highest BCUT2D eigenvalue weighted by Crippen LogP contribution is 2.45. The maximum atomic E-state index is 13.4. The Kier molecular flexibility index (Phi) is 6.20. The van der Waals surface area contributed by atoms with Crippen LogP contribution in [0.2, 0.25) is 0 Å². The summed E-state index contributed by atoms with van der Waals surface area (Å²) in [5.74, 6) is -0.507. The maximum absolute atomic E-state index is 13.4. The van der Waals surface area contributed by atoms with Crippen LogP contribution in [0.15, 0.2) is 59.8 Å². The van der Waals surface area contributed by atoms with Crippen LogP contribution in [0.5, 0.6) is 0 Å². The summed E-state index contributed by atoms with van der Waals surface area (Å²) in [6, 6.07) is 11.1. The fourth-order valence-corrected chi connectivity index (χ4v) is 7.60. The topological polar surface area (TPSA) is 178 Å². The van der Waals surface area contributed by atoms with E-state index in [2.05, 4.69) is 20.3 Å². The third-order valence-corrected chi connectivity index (χ3v) is 9.59. The van der Waals surface area contributed by atoms with E-state index in [1.165, 1.54) is 22.7 Å². The van der Waals surface area contributed by atoms with Crippen LogP contribution in [-0.4, -0.2) is 67.3 Å². The van der Waals surface area contributed by atoms with E-state index in [9.17, 15) is 17.6 Å². The number of piperidine rings is 1. The Hall–Kier alpha value is -4.85. The quantitative estimate of drug-likeness (QED) is 0.272. The lowest BCUT2D eigenvalue weighted by atomic mass is 9.87. The number of carbonyl (C=O) groups is 1. The molecule has 2 aliphatic rings. The molecule has 220 valence electrons. The normalized spacial score (nSPS) is 20.1. The summed E-state index contributed by atoms with van der Waals surface area (Å²) in [7, 11) is -3.78. The molecule has 2 aliphatic heterocycles. The number of carbonyl (C=O) groups excluding carboxylic acids is 1. The van der Waals surface area contributed by atoms with Gasteiger partial charge in [-0.2, -0.15) is 14.7 Å². The summed E-state index contributed by atoms with van der Waals surface area (Å²) in [5.41, 5.74) is 16.1. The summed E-state index contributed by atoms with van der Waals surface area (Å²) in [4.78, 5) is 24.6. The molecule has 5 N–H and O–H groups in total. The Morgan fingerprint density at radius 2 is 1.72 bits per heavy atom. The van der Waals surface area contributed by atoms with Gasteiger partial charge >= 0.3 is 0 Å². The largest absolute Gasteiger partial charge is 0.382 e. The molecule has 2 bridgehead atoms. The highest BCUT2D eigenvalue weighted by molar-refractivity contribution is 7.91. The Labute approximate surface area is 245 Å². The lowest BCUT2D eigenvalue weighted by Crippen LogP contribution is -2.46. The highest BCUT2D eigenvalue weighted by atomic mass is 32.2. The van der Waals surface area contributed by atoms with Crippen LogP contribution >= 0.6 is 0 Å². The van der Waals surface area contributed by atoms with Gasteiger partial charge in [0.25, 0.3) is 5.91 Å². The Morgan fingerprint density at radius 1 is 1.02 bits per heavy atom. The second-order valence-electron chi connectivity index (χ2n) is 11.2. The molecule has 2 fully saturated rings. The molecular weight excluding hydrogens is 573 g/mol. The monoisotopic (exact) mass is 601 g/mol. The van der Waals surface area contributed by atoms with Crippen molar-refractivity contribution in [1.29, 1.82) is 0 Å². The Morgan fingerprint density at radius 3 is 2.33 bits per heavy atom. The average Bonchev–Trinajstić information content (AvgIpc) is 3.68. The summed E-state index contributed by atoms with van der Waals surface area (Å²) in [6.45, 7) is 0. The van der Waals surface area contributed by atoms with Gasteiger partial charge in [0.1, 0.15) is 28.0 Å². The van der Waals surface area contributed by atoms with E-state index in [0.717, 1.165) is 24.7 Å². The standard InChI is InChI=1S/C29H28FN9O3S/c1-43(41,42)26-25(17-10-19-7-8-20(11-17)38(19)29(40)23-12-24(31)37-36-23)35-28-21(14-34-39(28)27(26)32)16-4-9-22(33-13-16)15-2-5-18(30)6-3-15/h2-6,9,12-14,17,19-20H,7-8,10-11,32H2,1H3,(H3,31,36,37)/t17-,19+,20-. The first-order valence-electron chi connectivity index (χ1n) is 13.8. The van der Waals surface area contributed by atoms with E-state index < -0.39 is 9.84 Å². The molecule has 0 spiro atoms. The summed E-state index contributed by atoms with van der Waals surface area (Å²) >= 11 is 0. The van der Waals surface area contributed by atoms with Gasteiger partial charge in [-0.15, -0.1) is 0 Å². The molecule has 12 nitrogen and oxygen atoms in total. The number of nitrogens with zero attached hydrogens (tertiary/aromatic N) is 6. The summed E-state index contributed by atoms with van der Waals surface area (Å²) < 4.78 is 40.9. The highest BCUT2D eigenvalue weighted by Gasteiger charge is 2.46. The fraction of sp³-hybridized carbons (Fsp3) is 0.276. The number of nitrogens with one attached hydrogen (secondary N) is 1. The number of fused-ring (bicyclic) bond motifs is 3. The number of halogens is 1. The molecule has 3 atom stereocenters. The molecule has 14 heteroatoms. The zero-order valence-electron chi connectivity index (χ0n) is 23.1. The van der Waals surface area contributed by atoms with E-state index in [0.29, 0.717) is 46.7 Å². The maximum Gasteiger partial charge on any atom is 0.272 e. The minimum Gasteiger partial charge on any atom is -0.382 e. The van der Waals surface area contributed by atoms with Crippen molar-refractivity contribution < 1.29 is 17.6 Å². The van der Waals surface area contributed by atoms with Gasteiger partial charge in [0.2, 0.25) is 0 Å². The number of pyridine rings is 1. The van der Waals surface area contributed by atoms with Crippen molar-refractivity contribution in [3.05, 3.63) is 72.1 Å². The Balaban J connectivity index is 1.27. The van der Waals surface area contributed by atoms with Crippen molar-refractivity contribution in [1.82, 2.24) is 34.7 Å². The number of hydrogen-bond acceptors (Lipinski definition) is 9. The minimum absolute atomic E-state index is 0.0107. The first-order valence-corrected chi connectivity index (χ1v) is 15.7. The predicted molar refractivity (Wildman–Crippen MR) is 157 cm³/mol. The van der Waals surface area contributed by atoms with Crippen LogP contribution in [-0.2, 0) is 9.84 Å². The SMILES string of the molecule is CS(=O)(=O)c1c([C@H]2C[C@H]3CC[C@@H](C2)N3C(=O)c2cc(N)n[nH]2)nc2c(-c3ccc(-c4ccc(F)cc4)nc3)cnn2c1N. The van der Waals surface area contributed by atoms with Gasteiger partial charge in [0, 0.05) is 53.2 Å². The molecular formula is C29H28FN9O3S. The van der Waals surface area contributed by atoms with Gasteiger partial charge in [-0.1, -0.05) is 6.07 Å². The molecule has 1 aromatic carbocycles. The van der Waals surface area contributed by atoms with Crippen LogP contribution < -0.4 is 11.5 Å². The minimum atomic E-state index is -3.78. The van der Waals surface area contributed by atoms with Crippen LogP contribution in [0, 0.1) is 5.82 Å². The van der Waals surface area contributed by atoms with Crippen molar-refractivity contribution in [3.8, 4) is 22.4 Å². The molecule has 6 heterocycles. The predicted octanol–water partition coefficient (Wildman–Crippen LogP) is 3.44. The molecule has 1 amide bonds. The zero-order valence-corrected chi connectivity index (χ0v) is 23.9. The number of nitrogen functional groups attached to an aromatic ring is 2. The van der Waals surface area contributed by atoms with E-state index >= 15 is 0 Å². The van der Waals surface area contributed by atoms with Gasteiger partial charge < -0.3 is 16.4 Å². The number of hydrogen-bond donors (Lipinski definition) is 3. The molecule has 43 heavy (non-hydrogen) atoms. The lowest BCUT2D eigenvalue weighted by molar-refractivity contribution is 0.0562. The number of anilines is 2. The number of sulfone groups is 1. The number of benzene rings is 1. The van der Waals surface area contributed by atoms with Crippen molar-refractivity contribution in [2.45, 2.75) is 48.6 Å². The molecule has 0 aliphatic carbocycles. The molecule has 0 radical (unpaired) electrons. The third-order valence-electron chi connectivity index (χ3n) is 8.43. The van der Waals surface area contributed by atoms with Crippen LogP contribution in [0.3, 0.4) is 0 Å². The first kappa shape index (κ1) is 27.0. The number of H-pyrrole nitrogens is 1. The molecule has 7 rings (SSSR count). The van der Waals surface area contributed by atoms with Crippen molar-refractivity contribution >= 4 is 33.0 Å². The number of rotatable bonds is 5. The summed E-state index contributed by atoms with van der Waals surface area (Å²) in [6.07, 6.45) is 7.05. The van der Waals surface area contributed by atoms with Crippen LogP contribution in [0.25, 0.3) is 28.0 Å². The number of aromatic nitrogens is 6. The van der Waals surface area contributed by atoms with Crippen molar-refractivity contribution in [3.63, 3.8) is 0 Å². The van der Waals surface area contributed by atoms with Gasteiger partial charge in [-0.3, -0.25) is 14.9 Å². The van der Waals surface area contributed by atoms with Gasteiger partial charge in [-0.25, -0.2) is 17.8 Å². The van der Waals surface area contributed by atoms with Crippen molar-refractivity contribution in [2.75, 3.05) is 17.7 Å². The second kappa shape index (κ2) is 9.87. The third kappa shape index (κ3) is 4.58. The van der Waals surface area contributed by atoms with Gasteiger partial charge in [0.05, 0.1) is 17.6 Å². The molecule has 4 aromatic heterocycles. The van der Waals surface area contributed by atoms with Crippen LogP contribution in [0.1, 0.15) is 47.8 Å². The molecule has 2 saturated heterocycles. The average molecular weight is 602 g/mol. The zero-order chi connectivity index (χ0) is 30.0. The smallest absolute Gasteiger partial charge is 0.272 e. The number of aromatic amines is 1. The molecule has 0 saturated carbocycles. The lowest BCUT2D eigenvalue weighted by Gasteiger charge is -2.39. The molecule has 5 aromatic rings. The van der Waals surface area contributed by atoms with E-state index in [1.54, 1.807) is 24.5 Å². The van der Waals surface area contributed by atoms with Crippen LogP contribution in [0.4, 0.5) is 16.0 Å². The fourth-order valence-electron chi connectivity index (χ4n) is 6.54. The molecule has 0 unspecified atom stereocenters. The summed E-state index contributed by atoms with van der Waals surface area (Å²) in [5, 5.41) is 11.0. The van der Waals surface area contributed by atoms with Crippen molar-refractivity contribution in [2.24, 2.45) is 0 Å². The van der Waals surface area contributed by atoms with Gasteiger partial charge in [-0.05, 0) is 56.0 Å². The van der Waals surface area contributed by atoms with Gasteiger partial charge in [0.15, 0.2) is 15.5 Å². The van der Waals surface area contributed by atoms with E-state index in [-0.39, 0.29) is 46.3 Å².